The third-order valence-corrected chi connectivity index (χ3v) is 4.29. The number of pyridine rings is 1. The maximum Gasteiger partial charge on any atom is 0.224 e. The van der Waals surface area contributed by atoms with Gasteiger partial charge in [-0.2, -0.15) is 0 Å². The van der Waals surface area contributed by atoms with Gasteiger partial charge in [-0.25, -0.2) is 9.97 Å². The standard InChI is InChI=1S/C20H17ClN4O3/c1-25-12-14(9-18(27)23-10-13-4-6-15(21)7-5-13)20(28)19-16(25)11-22-17(24-19)3-2-8-26/h4-7,11-12,26H,8-10H2,1H3,(H,23,27). The Bertz CT molecular complexity index is 1140. The van der Waals surface area contributed by atoms with Gasteiger partial charge < -0.3 is 15.0 Å². The fraction of sp³-hybridized carbons (Fsp3) is 0.200. The van der Waals surface area contributed by atoms with E-state index in [1.54, 1.807) is 29.9 Å². The van der Waals surface area contributed by atoms with Gasteiger partial charge >= 0.3 is 0 Å². The van der Waals surface area contributed by atoms with E-state index in [4.69, 9.17) is 16.7 Å². The molecule has 2 aromatic heterocycles. The molecule has 0 aliphatic rings. The van der Waals surface area contributed by atoms with Crippen LogP contribution in [0.3, 0.4) is 0 Å². The first kappa shape index (κ1) is 19.5. The van der Waals surface area contributed by atoms with Gasteiger partial charge in [0.25, 0.3) is 0 Å². The van der Waals surface area contributed by atoms with Crippen LogP contribution in [0.2, 0.25) is 5.02 Å². The summed E-state index contributed by atoms with van der Waals surface area (Å²) in [5, 5.41) is 12.2. The first-order chi connectivity index (χ1) is 13.5. The van der Waals surface area contributed by atoms with Crippen LogP contribution < -0.4 is 10.7 Å². The fourth-order valence-electron chi connectivity index (χ4n) is 2.66. The van der Waals surface area contributed by atoms with Crippen molar-refractivity contribution in [3.8, 4) is 11.8 Å². The Morgan fingerprint density at radius 1 is 1.32 bits per heavy atom. The van der Waals surface area contributed by atoms with Gasteiger partial charge in [0.05, 0.1) is 18.1 Å². The predicted octanol–water partition coefficient (Wildman–Crippen LogP) is 1.18. The second-order valence-corrected chi connectivity index (χ2v) is 6.50. The van der Waals surface area contributed by atoms with E-state index in [9.17, 15) is 9.59 Å². The quantitative estimate of drug-likeness (QED) is 0.645. The van der Waals surface area contributed by atoms with Gasteiger partial charge in [-0.05, 0) is 23.6 Å². The molecule has 0 aliphatic heterocycles. The largest absolute Gasteiger partial charge is 0.384 e. The number of aryl methyl sites for hydroxylation is 1. The normalized spacial score (nSPS) is 10.4. The minimum Gasteiger partial charge on any atom is -0.384 e. The molecule has 8 heteroatoms. The lowest BCUT2D eigenvalue weighted by Crippen LogP contribution is -2.27. The Hall–Kier alpha value is -3.21. The molecule has 142 valence electrons. The number of aliphatic hydroxyl groups excluding tert-OH is 1. The molecule has 3 rings (SSSR count). The van der Waals surface area contributed by atoms with Crippen molar-refractivity contribution >= 4 is 28.5 Å². The van der Waals surface area contributed by atoms with Crippen LogP contribution in [0.15, 0.2) is 41.5 Å². The lowest BCUT2D eigenvalue weighted by atomic mass is 10.1. The van der Waals surface area contributed by atoms with E-state index in [2.05, 4.69) is 27.1 Å². The van der Waals surface area contributed by atoms with Crippen LogP contribution in [0.25, 0.3) is 11.0 Å². The Morgan fingerprint density at radius 2 is 2.07 bits per heavy atom. The van der Waals surface area contributed by atoms with Gasteiger partial charge in [-0.15, -0.1) is 0 Å². The van der Waals surface area contributed by atoms with Gasteiger partial charge in [-0.3, -0.25) is 9.59 Å². The van der Waals surface area contributed by atoms with Crippen molar-refractivity contribution in [2.75, 3.05) is 6.61 Å². The molecule has 3 aromatic rings. The number of hydrogen-bond acceptors (Lipinski definition) is 5. The molecule has 0 unspecified atom stereocenters. The van der Waals surface area contributed by atoms with Crippen LogP contribution in [-0.2, 0) is 24.8 Å². The number of amides is 1. The third-order valence-electron chi connectivity index (χ3n) is 4.04. The molecular weight excluding hydrogens is 380 g/mol. The average molecular weight is 397 g/mol. The summed E-state index contributed by atoms with van der Waals surface area (Å²) in [5.74, 6) is 4.89. The molecule has 0 fully saturated rings. The molecule has 0 atom stereocenters. The Kier molecular flexibility index (Phi) is 6.04. The molecule has 7 nitrogen and oxygen atoms in total. The highest BCUT2D eigenvalue weighted by molar-refractivity contribution is 6.30. The number of carbonyl (C=O) groups is 1. The summed E-state index contributed by atoms with van der Waals surface area (Å²) >= 11 is 5.85. The monoisotopic (exact) mass is 396 g/mol. The van der Waals surface area contributed by atoms with Gasteiger partial charge in [0, 0.05) is 30.4 Å². The van der Waals surface area contributed by atoms with E-state index in [0.29, 0.717) is 22.6 Å². The molecule has 1 amide bonds. The van der Waals surface area contributed by atoms with Gasteiger partial charge in [0.1, 0.15) is 12.1 Å². The first-order valence-corrected chi connectivity index (χ1v) is 8.82. The SMILES string of the molecule is Cn1cc(CC(=O)NCc2ccc(Cl)cc2)c(=O)c2nc(C#CCO)ncc21. The van der Waals surface area contributed by atoms with Gasteiger partial charge in [0.15, 0.2) is 0 Å². The van der Waals surface area contributed by atoms with E-state index in [1.807, 2.05) is 12.1 Å². The van der Waals surface area contributed by atoms with Crippen molar-refractivity contribution in [1.82, 2.24) is 19.9 Å². The Morgan fingerprint density at radius 3 is 2.79 bits per heavy atom. The molecular formula is C20H17ClN4O3. The van der Waals surface area contributed by atoms with Crippen LogP contribution in [0.1, 0.15) is 17.0 Å². The highest BCUT2D eigenvalue weighted by Crippen LogP contribution is 2.10. The summed E-state index contributed by atoms with van der Waals surface area (Å²) < 4.78 is 1.70. The smallest absolute Gasteiger partial charge is 0.224 e. The fourth-order valence-corrected chi connectivity index (χ4v) is 2.78. The highest BCUT2D eigenvalue weighted by atomic mass is 35.5. The van der Waals surface area contributed by atoms with Crippen molar-refractivity contribution in [3.63, 3.8) is 0 Å². The Balaban J connectivity index is 1.81. The van der Waals surface area contributed by atoms with Crippen molar-refractivity contribution in [1.29, 1.82) is 0 Å². The van der Waals surface area contributed by atoms with Crippen LogP contribution >= 0.6 is 11.6 Å². The molecule has 2 heterocycles. The number of carbonyl (C=O) groups excluding carboxylic acids is 1. The second-order valence-electron chi connectivity index (χ2n) is 6.06. The molecule has 0 saturated carbocycles. The number of halogens is 1. The van der Waals surface area contributed by atoms with Crippen molar-refractivity contribution in [2.24, 2.45) is 7.05 Å². The minimum atomic E-state index is -0.343. The summed E-state index contributed by atoms with van der Waals surface area (Å²) in [5.41, 5.74) is 1.60. The average Bonchev–Trinajstić information content (AvgIpc) is 2.69. The number of rotatable bonds is 4. The molecule has 0 spiro atoms. The summed E-state index contributed by atoms with van der Waals surface area (Å²) in [7, 11) is 1.75. The molecule has 28 heavy (non-hydrogen) atoms. The number of benzene rings is 1. The van der Waals surface area contributed by atoms with E-state index in [1.165, 1.54) is 6.20 Å². The summed E-state index contributed by atoms with van der Waals surface area (Å²) in [6.45, 7) is 0.0141. The van der Waals surface area contributed by atoms with E-state index >= 15 is 0 Å². The number of hydrogen-bond donors (Lipinski definition) is 2. The van der Waals surface area contributed by atoms with Crippen LogP contribution in [0, 0.1) is 11.8 Å². The summed E-state index contributed by atoms with van der Waals surface area (Å²) in [6, 6.07) is 7.14. The van der Waals surface area contributed by atoms with Crippen LogP contribution in [-0.4, -0.2) is 32.2 Å². The molecule has 0 radical (unpaired) electrons. The second kappa shape index (κ2) is 8.65. The molecule has 0 saturated heterocycles. The number of fused-ring (bicyclic) bond motifs is 1. The molecule has 0 bridgehead atoms. The van der Waals surface area contributed by atoms with Gasteiger partial charge in [0.2, 0.25) is 17.2 Å². The summed E-state index contributed by atoms with van der Waals surface area (Å²) in [6.07, 6.45) is 3.03. The number of nitrogens with zero attached hydrogens (tertiary/aromatic N) is 3. The van der Waals surface area contributed by atoms with Crippen LogP contribution in [0.4, 0.5) is 0 Å². The van der Waals surface area contributed by atoms with Crippen LogP contribution in [0.5, 0.6) is 0 Å². The maximum absolute atomic E-state index is 12.8. The van der Waals surface area contributed by atoms with Crippen molar-refractivity contribution < 1.29 is 9.90 Å². The zero-order valence-electron chi connectivity index (χ0n) is 15.1. The number of aliphatic hydroxyl groups is 1. The third kappa shape index (κ3) is 4.55. The van der Waals surface area contributed by atoms with Crippen molar-refractivity contribution in [2.45, 2.75) is 13.0 Å². The van der Waals surface area contributed by atoms with Gasteiger partial charge in [-0.1, -0.05) is 29.7 Å². The van der Waals surface area contributed by atoms with E-state index in [0.717, 1.165) is 5.56 Å². The number of aromatic nitrogens is 3. The maximum atomic E-state index is 12.8. The minimum absolute atomic E-state index is 0.0716. The molecule has 0 aliphatic carbocycles. The predicted molar refractivity (Wildman–Crippen MR) is 106 cm³/mol. The lowest BCUT2D eigenvalue weighted by molar-refractivity contribution is -0.120. The topological polar surface area (TPSA) is 97.1 Å². The molecule has 1 aromatic carbocycles. The van der Waals surface area contributed by atoms with E-state index in [-0.39, 0.29) is 35.7 Å². The zero-order valence-corrected chi connectivity index (χ0v) is 15.8. The zero-order chi connectivity index (χ0) is 20.1. The number of nitrogens with one attached hydrogen (secondary N) is 1. The lowest BCUT2D eigenvalue weighted by Gasteiger charge is -2.09. The Labute approximate surface area is 166 Å². The molecule has 2 N–H and O–H groups in total. The summed E-state index contributed by atoms with van der Waals surface area (Å²) in [4.78, 5) is 33.3. The van der Waals surface area contributed by atoms with Crippen molar-refractivity contribution in [3.05, 3.63) is 68.9 Å². The van der Waals surface area contributed by atoms with E-state index < -0.39 is 0 Å². The first-order valence-electron chi connectivity index (χ1n) is 8.44. The highest BCUT2D eigenvalue weighted by Gasteiger charge is 2.13.